The van der Waals surface area contributed by atoms with E-state index in [1.54, 1.807) is 49.5 Å². The second-order valence-electron chi connectivity index (χ2n) is 7.76. The minimum absolute atomic E-state index is 0.0238. The van der Waals surface area contributed by atoms with Gasteiger partial charge in [-0.2, -0.15) is 0 Å². The monoisotopic (exact) mass is 447 g/mol. The van der Waals surface area contributed by atoms with E-state index in [4.69, 9.17) is 4.74 Å². The van der Waals surface area contributed by atoms with Gasteiger partial charge in [0.25, 0.3) is 11.8 Å². The molecule has 2 N–H and O–H groups in total. The molecule has 0 bridgehead atoms. The van der Waals surface area contributed by atoms with Gasteiger partial charge in [0.2, 0.25) is 0 Å². The lowest BCUT2D eigenvalue weighted by molar-refractivity contribution is -0.120. The van der Waals surface area contributed by atoms with Crippen LogP contribution >= 0.6 is 0 Å². The molecule has 0 aliphatic carbocycles. The maximum atomic E-state index is 14.4. The number of halogens is 2. The number of amides is 2. The summed E-state index contributed by atoms with van der Waals surface area (Å²) in [6, 6.07) is 14.7. The van der Waals surface area contributed by atoms with Crippen LogP contribution in [0.2, 0.25) is 0 Å². The van der Waals surface area contributed by atoms with E-state index in [0.29, 0.717) is 27.9 Å². The lowest BCUT2D eigenvalue weighted by atomic mass is 10.0. The fourth-order valence-electron chi connectivity index (χ4n) is 4.02. The van der Waals surface area contributed by atoms with Gasteiger partial charge in [0.15, 0.2) is 0 Å². The maximum absolute atomic E-state index is 14.4. The van der Waals surface area contributed by atoms with Gasteiger partial charge in [-0.25, -0.2) is 8.78 Å². The molecule has 1 atom stereocenters. The Hall–Kier alpha value is -4.20. The normalized spacial score (nSPS) is 15.7. The number of hydrogen-bond acceptors (Lipinski definition) is 3. The maximum Gasteiger partial charge on any atom is 0.252 e. The molecule has 5 rings (SSSR count). The molecule has 33 heavy (non-hydrogen) atoms. The highest BCUT2D eigenvalue weighted by molar-refractivity contribution is 6.06. The second-order valence-corrected chi connectivity index (χ2v) is 7.76. The van der Waals surface area contributed by atoms with E-state index in [2.05, 4.69) is 10.3 Å². The van der Waals surface area contributed by atoms with Gasteiger partial charge in [0.05, 0.1) is 11.3 Å². The summed E-state index contributed by atoms with van der Waals surface area (Å²) in [5, 5.41) is 3.20. The third kappa shape index (κ3) is 3.59. The summed E-state index contributed by atoms with van der Waals surface area (Å²) in [7, 11) is 1.62. The van der Waals surface area contributed by atoms with Crippen LogP contribution in [0.15, 0.2) is 66.9 Å². The molecule has 2 amide bonds. The average molecular weight is 447 g/mol. The van der Waals surface area contributed by atoms with Crippen molar-refractivity contribution >= 4 is 28.4 Å². The zero-order chi connectivity index (χ0) is 23.1. The van der Waals surface area contributed by atoms with Crippen molar-refractivity contribution in [3.8, 4) is 16.9 Å². The van der Waals surface area contributed by atoms with Crippen molar-refractivity contribution < 1.29 is 23.1 Å². The van der Waals surface area contributed by atoms with Crippen molar-refractivity contribution in [2.45, 2.75) is 6.04 Å². The Morgan fingerprint density at radius 2 is 1.85 bits per heavy atom. The number of likely N-dealkylation sites (N-methyl/N-ethyl adjacent to an activating group) is 1. The third-order valence-corrected chi connectivity index (χ3v) is 5.74. The van der Waals surface area contributed by atoms with E-state index in [0.717, 1.165) is 0 Å². The molecule has 8 heteroatoms. The molecule has 4 aromatic rings. The first-order chi connectivity index (χ1) is 15.9. The van der Waals surface area contributed by atoms with E-state index in [1.807, 2.05) is 0 Å². The summed E-state index contributed by atoms with van der Waals surface area (Å²) in [4.78, 5) is 30.3. The number of aromatic nitrogens is 1. The van der Waals surface area contributed by atoms with Gasteiger partial charge in [-0.3, -0.25) is 9.59 Å². The van der Waals surface area contributed by atoms with E-state index >= 15 is 0 Å². The first-order valence-corrected chi connectivity index (χ1v) is 10.3. The summed E-state index contributed by atoms with van der Waals surface area (Å²) >= 11 is 0. The highest BCUT2D eigenvalue weighted by atomic mass is 19.1. The number of nitrogens with one attached hydrogen (secondary N) is 2. The van der Waals surface area contributed by atoms with Crippen LogP contribution in [0.3, 0.4) is 0 Å². The number of para-hydroxylation sites is 2. The number of ether oxygens (including phenoxy) is 1. The number of rotatable bonds is 3. The second kappa shape index (κ2) is 8.05. The van der Waals surface area contributed by atoms with Gasteiger partial charge >= 0.3 is 0 Å². The van der Waals surface area contributed by atoms with Crippen molar-refractivity contribution in [2.24, 2.45) is 0 Å². The number of aromatic amines is 1. The number of anilines is 1. The fourth-order valence-corrected chi connectivity index (χ4v) is 4.02. The minimum Gasteiger partial charge on any atom is -0.489 e. The van der Waals surface area contributed by atoms with Crippen LogP contribution in [0.1, 0.15) is 10.4 Å². The molecule has 1 aliphatic rings. The number of H-pyrrole nitrogens is 1. The molecule has 6 nitrogen and oxygen atoms in total. The number of benzene rings is 3. The van der Waals surface area contributed by atoms with Gasteiger partial charge in [-0.15, -0.1) is 0 Å². The lowest BCUT2D eigenvalue weighted by Crippen LogP contribution is -2.49. The standard InChI is InChI=1S/C25H19F2N3O3/c1-30-21-7-2-3-8-22(21)33-13-20(25(30)32)29-24(31)14-9-10-19-15(11-14)16(12-28-19)23-17(26)5-4-6-18(23)27/h2-12,20,28H,13H2,1H3,(H,29,31)/t20-/m0/s1. The lowest BCUT2D eigenvalue weighted by Gasteiger charge is -2.20. The van der Waals surface area contributed by atoms with Gasteiger partial charge in [-0.05, 0) is 42.5 Å². The fraction of sp³-hybridized carbons (Fsp3) is 0.120. The molecule has 1 aliphatic heterocycles. The van der Waals surface area contributed by atoms with E-state index in [1.165, 1.54) is 29.3 Å². The Morgan fingerprint density at radius 3 is 2.64 bits per heavy atom. The first kappa shape index (κ1) is 20.7. The summed E-state index contributed by atoms with van der Waals surface area (Å²) in [6.07, 6.45) is 1.50. The smallest absolute Gasteiger partial charge is 0.252 e. The summed E-state index contributed by atoms with van der Waals surface area (Å²) in [6.45, 7) is -0.0238. The predicted molar refractivity (Wildman–Crippen MR) is 120 cm³/mol. The highest BCUT2D eigenvalue weighted by Crippen LogP contribution is 2.33. The van der Waals surface area contributed by atoms with Crippen molar-refractivity contribution in [2.75, 3.05) is 18.6 Å². The Morgan fingerprint density at radius 1 is 1.09 bits per heavy atom. The topological polar surface area (TPSA) is 74.4 Å². The van der Waals surface area contributed by atoms with E-state index in [-0.39, 0.29) is 23.6 Å². The van der Waals surface area contributed by atoms with Crippen LogP contribution in [0, 0.1) is 11.6 Å². The molecular weight excluding hydrogens is 428 g/mol. The molecule has 166 valence electrons. The summed E-state index contributed by atoms with van der Waals surface area (Å²) in [5.74, 6) is -1.66. The number of carbonyl (C=O) groups is 2. The van der Waals surface area contributed by atoms with Crippen LogP contribution in [0.5, 0.6) is 5.75 Å². The van der Waals surface area contributed by atoms with Crippen LogP contribution in [-0.2, 0) is 4.79 Å². The molecule has 0 saturated heterocycles. The van der Waals surface area contributed by atoms with Gasteiger partial charge in [-0.1, -0.05) is 18.2 Å². The molecule has 0 spiro atoms. The van der Waals surface area contributed by atoms with Crippen LogP contribution in [0.4, 0.5) is 14.5 Å². The van der Waals surface area contributed by atoms with Crippen LogP contribution < -0.4 is 15.0 Å². The number of nitrogens with zero attached hydrogens (tertiary/aromatic N) is 1. The molecule has 3 aromatic carbocycles. The molecular formula is C25H19F2N3O3. The Kier molecular flexibility index (Phi) is 5.05. The quantitative estimate of drug-likeness (QED) is 0.493. The summed E-state index contributed by atoms with van der Waals surface area (Å²) < 4.78 is 34.4. The van der Waals surface area contributed by atoms with Crippen molar-refractivity contribution in [3.05, 3.63) is 84.1 Å². The van der Waals surface area contributed by atoms with Gasteiger partial charge in [0.1, 0.15) is 30.0 Å². The molecule has 0 unspecified atom stereocenters. The molecule has 0 saturated carbocycles. The largest absolute Gasteiger partial charge is 0.489 e. The number of carbonyl (C=O) groups excluding carboxylic acids is 2. The zero-order valence-electron chi connectivity index (χ0n) is 17.6. The van der Waals surface area contributed by atoms with Crippen molar-refractivity contribution in [1.82, 2.24) is 10.3 Å². The zero-order valence-corrected chi connectivity index (χ0v) is 17.6. The predicted octanol–water partition coefficient (Wildman–Crippen LogP) is 4.27. The molecule has 2 heterocycles. The first-order valence-electron chi connectivity index (χ1n) is 10.3. The Labute approximate surface area is 187 Å². The molecule has 0 fully saturated rings. The van der Waals surface area contributed by atoms with E-state index < -0.39 is 23.6 Å². The summed E-state index contributed by atoms with van der Waals surface area (Å²) in [5.41, 5.74) is 1.61. The third-order valence-electron chi connectivity index (χ3n) is 5.74. The number of fused-ring (bicyclic) bond motifs is 2. The van der Waals surface area contributed by atoms with Gasteiger partial charge in [0, 0.05) is 35.3 Å². The minimum atomic E-state index is -0.902. The van der Waals surface area contributed by atoms with Crippen LogP contribution in [-0.4, -0.2) is 36.5 Å². The Bertz CT molecular complexity index is 1380. The van der Waals surface area contributed by atoms with Crippen LogP contribution in [0.25, 0.3) is 22.0 Å². The van der Waals surface area contributed by atoms with Crippen molar-refractivity contribution in [1.29, 1.82) is 0 Å². The Balaban J connectivity index is 1.44. The van der Waals surface area contributed by atoms with E-state index in [9.17, 15) is 18.4 Å². The average Bonchev–Trinajstić information content (AvgIpc) is 3.19. The van der Waals surface area contributed by atoms with Gasteiger partial charge < -0.3 is 19.9 Å². The molecule has 0 radical (unpaired) electrons. The molecule has 1 aromatic heterocycles. The highest BCUT2D eigenvalue weighted by Gasteiger charge is 2.30. The SMILES string of the molecule is CN1C(=O)[C@@H](NC(=O)c2ccc3[nH]cc(-c4c(F)cccc4F)c3c2)COc2ccccc21. The van der Waals surface area contributed by atoms with Crippen molar-refractivity contribution in [3.63, 3.8) is 0 Å². The number of hydrogen-bond donors (Lipinski definition) is 2.